The van der Waals surface area contributed by atoms with Crippen LogP contribution in [0.1, 0.15) is 26.7 Å². The molecule has 10 heavy (non-hydrogen) atoms. The molecule has 2 atom stereocenters. The van der Waals surface area contributed by atoms with E-state index in [0.717, 1.165) is 29.6 Å². The van der Waals surface area contributed by atoms with Gasteiger partial charge < -0.3 is 9.22 Å². The van der Waals surface area contributed by atoms with Crippen LogP contribution in [0, 0.1) is 5.92 Å². The lowest BCUT2D eigenvalue weighted by molar-refractivity contribution is -0.113. The zero-order valence-electron chi connectivity index (χ0n) is 6.96. The van der Waals surface area contributed by atoms with E-state index < -0.39 is 0 Å². The van der Waals surface area contributed by atoms with Crippen LogP contribution in [0.5, 0.6) is 0 Å². The topological polar surface area (TPSA) is 26.3 Å². The first-order valence-electron chi connectivity index (χ1n) is 3.74. The van der Waals surface area contributed by atoms with Gasteiger partial charge in [-0.25, -0.2) is 0 Å². The van der Waals surface area contributed by atoms with Crippen molar-refractivity contribution in [3.8, 4) is 0 Å². The summed E-state index contributed by atoms with van der Waals surface area (Å²) in [6, 6.07) is 0. The van der Waals surface area contributed by atoms with Gasteiger partial charge in [-0.1, -0.05) is 20.3 Å². The standard InChI is InChI=1S/C7H16O2Si/c1-3-4-7(9-10)6(2)5-8/h5-7H,3-4H2,1-2,10H3/t6-,7+/m0/s1. The van der Waals surface area contributed by atoms with Crippen LogP contribution in [0.2, 0.25) is 0 Å². The molecule has 0 saturated carbocycles. The minimum Gasteiger partial charge on any atom is -0.424 e. The zero-order valence-corrected chi connectivity index (χ0v) is 8.96. The maximum atomic E-state index is 10.3. The van der Waals surface area contributed by atoms with E-state index in [0.29, 0.717) is 0 Å². The largest absolute Gasteiger partial charge is 0.424 e. The van der Waals surface area contributed by atoms with Gasteiger partial charge >= 0.3 is 0 Å². The number of aldehydes is 1. The molecule has 3 heteroatoms. The molecule has 0 aliphatic carbocycles. The third-order valence-corrected chi connectivity index (χ3v) is 2.28. The molecule has 0 heterocycles. The van der Waals surface area contributed by atoms with Crippen LogP contribution in [0.15, 0.2) is 0 Å². The van der Waals surface area contributed by atoms with Crippen LogP contribution < -0.4 is 0 Å². The Morgan fingerprint density at radius 2 is 2.30 bits per heavy atom. The number of rotatable bonds is 5. The van der Waals surface area contributed by atoms with Gasteiger partial charge in [0.15, 0.2) is 0 Å². The highest BCUT2D eigenvalue weighted by Gasteiger charge is 2.13. The Morgan fingerprint density at radius 3 is 2.60 bits per heavy atom. The summed E-state index contributed by atoms with van der Waals surface area (Å²) in [7, 11) is 0.730. The summed E-state index contributed by atoms with van der Waals surface area (Å²) in [5, 5.41) is 0. The van der Waals surface area contributed by atoms with Gasteiger partial charge in [0.05, 0.1) is 6.10 Å². The number of hydrogen-bond donors (Lipinski definition) is 0. The molecule has 60 valence electrons. The molecule has 0 aromatic rings. The molecule has 0 aliphatic rings. The third kappa shape index (κ3) is 3.13. The fourth-order valence-electron chi connectivity index (χ4n) is 0.968. The van der Waals surface area contributed by atoms with Crippen molar-refractivity contribution in [2.24, 2.45) is 5.92 Å². The fourth-order valence-corrected chi connectivity index (χ4v) is 1.63. The molecule has 0 rings (SSSR count). The molecule has 0 unspecified atom stereocenters. The van der Waals surface area contributed by atoms with Crippen molar-refractivity contribution in [3.63, 3.8) is 0 Å². The summed E-state index contributed by atoms with van der Waals surface area (Å²) in [5.41, 5.74) is 0. The molecule has 0 aromatic heterocycles. The quantitative estimate of drug-likeness (QED) is 0.427. The van der Waals surface area contributed by atoms with Gasteiger partial charge in [-0.05, 0) is 6.42 Å². The van der Waals surface area contributed by atoms with Crippen molar-refractivity contribution in [1.82, 2.24) is 0 Å². The van der Waals surface area contributed by atoms with E-state index in [1.807, 2.05) is 6.92 Å². The van der Waals surface area contributed by atoms with Gasteiger partial charge in [-0.3, -0.25) is 0 Å². The van der Waals surface area contributed by atoms with Crippen molar-refractivity contribution >= 4 is 16.8 Å². The first-order chi connectivity index (χ1) is 4.76. The predicted octanol–water partition coefficient (Wildman–Crippen LogP) is 0.287. The summed E-state index contributed by atoms with van der Waals surface area (Å²) in [6.45, 7) is 4.01. The monoisotopic (exact) mass is 160 g/mol. The van der Waals surface area contributed by atoms with E-state index in [2.05, 4.69) is 6.92 Å². The molecule has 0 saturated heterocycles. The van der Waals surface area contributed by atoms with Crippen LogP contribution >= 0.6 is 0 Å². The normalized spacial score (nSPS) is 16.6. The van der Waals surface area contributed by atoms with Crippen molar-refractivity contribution in [3.05, 3.63) is 0 Å². The second-order valence-electron chi connectivity index (χ2n) is 2.56. The summed E-state index contributed by atoms with van der Waals surface area (Å²) in [5.74, 6) is 0.0671. The second-order valence-corrected chi connectivity index (χ2v) is 3.03. The lowest BCUT2D eigenvalue weighted by atomic mass is 10.0. The summed E-state index contributed by atoms with van der Waals surface area (Å²) in [4.78, 5) is 10.3. The van der Waals surface area contributed by atoms with Crippen LogP contribution in [-0.4, -0.2) is 22.9 Å². The minimum absolute atomic E-state index is 0.0671. The molecule has 0 radical (unpaired) electrons. The fraction of sp³-hybridized carbons (Fsp3) is 0.857. The number of carbonyl (C=O) groups excluding carboxylic acids is 1. The molecule has 0 aromatic carbocycles. The van der Waals surface area contributed by atoms with Crippen molar-refractivity contribution in [2.45, 2.75) is 32.8 Å². The van der Waals surface area contributed by atoms with E-state index in [1.54, 1.807) is 0 Å². The Labute approximate surface area is 65.5 Å². The molecular weight excluding hydrogens is 144 g/mol. The lowest BCUT2D eigenvalue weighted by Gasteiger charge is -2.17. The van der Waals surface area contributed by atoms with Gasteiger partial charge in [0, 0.05) is 5.92 Å². The smallest absolute Gasteiger partial charge is 0.146 e. The van der Waals surface area contributed by atoms with Crippen molar-refractivity contribution in [2.75, 3.05) is 0 Å². The molecule has 0 amide bonds. The van der Waals surface area contributed by atoms with E-state index in [-0.39, 0.29) is 12.0 Å². The molecule has 2 nitrogen and oxygen atoms in total. The van der Waals surface area contributed by atoms with Gasteiger partial charge in [-0.15, -0.1) is 0 Å². The van der Waals surface area contributed by atoms with Crippen LogP contribution in [0.25, 0.3) is 0 Å². The summed E-state index contributed by atoms with van der Waals surface area (Å²) >= 11 is 0. The highest BCUT2D eigenvalue weighted by atomic mass is 28.2. The van der Waals surface area contributed by atoms with Gasteiger partial charge in [-0.2, -0.15) is 0 Å². The van der Waals surface area contributed by atoms with Crippen LogP contribution in [0.4, 0.5) is 0 Å². The van der Waals surface area contributed by atoms with Gasteiger partial charge in [0.2, 0.25) is 0 Å². The third-order valence-electron chi connectivity index (χ3n) is 1.68. The maximum Gasteiger partial charge on any atom is 0.146 e. The van der Waals surface area contributed by atoms with E-state index in [1.165, 1.54) is 0 Å². The van der Waals surface area contributed by atoms with E-state index in [4.69, 9.17) is 4.43 Å². The Morgan fingerprint density at radius 1 is 1.70 bits per heavy atom. The first kappa shape index (κ1) is 9.85. The Kier molecular flexibility index (Phi) is 5.53. The molecule has 0 aliphatic heterocycles. The predicted molar refractivity (Wildman–Crippen MR) is 44.9 cm³/mol. The average Bonchev–Trinajstić information content (AvgIpc) is 1.99. The lowest BCUT2D eigenvalue weighted by Crippen LogP contribution is -2.21. The Bertz CT molecular complexity index is 95.6. The summed E-state index contributed by atoms with van der Waals surface area (Å²) in [6.07, 6.45) is 3.24. The Balaban J connectivity index is 3.67. The number of carbonyl (C=O) groups is 1. The van der Waals surface area contributed by atoms with E-state index >= 15 is 0 Å². The van der Waals surface area contributed by atoms with Crippen LogP contribution in [-0.2, 0) is 9.22 Å². The second kappa shape index (κ2) is 5.62. The minimum atomic E-state index is 0.0671. The summed E-state index contributed by atoms with van der Waals surface area (Å²) < 4.78 is 5.25. The van der Waals surface area contributed by atoms with Gasteiger partial charge in [0.25, 0.3) is 0 Å². The zero-order chi connectivity index (χ0) is 7.98. The highest BCUT2D eigenvalue weighted by molar-refractivity contribution is 5.98. The van der Waals surface area contributed by atoms with Crippen LogP contribution in [0.3, 0.4) is 0 Å². The molecule has 0 fully saturated rings. The SMILES string of the molecule is CCC[C@@H](O[SiH3])[C@@H](C)C=O. The molecule has 0 spiro atoms. The highest BCUT2D eigenvalue weighted by Crippen LogP contribution is 2.09. The Hall–Kier alpha value is -0.153. The van der Waals surface area contributed by atoms with Crippen molar-refractivity contribution < 1.29 is 9.22 Å². The van der Waals surface area contributed by atoms with E-state index in [9.17, 15) is 4.79 Å². The average molecular weight is 160 g/mol. The maximum absolute atomic E-state index is 10.3. The molecular formula is C7H16O2Si. The van der Waals surface area contributed by atoms with Crippen molar-refractivity contribution in [1.29, 1.82) is 0 Å². The number of hydrogen-bond acceptors (Lipinski definition) is 2. The first-order valence-corrected chi connectivity index (χ1v) is 4.56. The molecule has 0 bridgehead atoms. The molecule has 0 N–H and O–H groups in total. The van der Waals surface area contributed by atoms with Gasteiger partial charge in [0.1, 0.15) is 16.8 Å².